The smallest absolute Gasteiger partial charge is 0.0546 e. The SMILES string of the molecule is Nc1c(SCc2ccc3c4ccccc4n(-c4ccccc4)c3c2)ccc2sc3ccccc3c12. The number of aromatic nitrogens is 1. The molecule has 2 nitrogen and oxygen atoms in total. The van der Waals surface area contributed by atoms with Crippen molar-refractivity contribution >= 4 is 70.8 Å². The molecular formula is C31H22N2S2. The summed E-state index contributed by atoms with van der Waals surface area (Å²) in [6, 6.07) is 39.1. The van der Waals surface area contributed by atoms with Gasteiger partial charge in [-0.1, -0.05) is 66.7 Å². The van der Waals surface area contributed by atoms with E-state index in [-0.39, 0.29) is 0 Å². The first-order valence-electron chi connectivity index (χ1n) is 11.7. The summed E-state index contributed by atoms with van der Waals surface area (Å²) in [4.78, 5) is 1.14. The Bertz CT molecular complexity index is 1860. The highest BCUT2D eigenvalue weighted by atomic mass is 32.2. The molecule has 7 rings (SSSR count). The molecule has 0 aliphatic rings. The van der Waals surface area contributed by atoms with Crippen LogP contribution >= 0.6 is 23.1 Å². The van der Waals surface area contributed by atoms with Crippen LogP contribution in [-0.4, -0.2) is 4.57 Å². The number of benzene rings is 5. The molecule has 0 radical (unpaired) electrons. The van der Waals surface area contributed by atoms with E-state index in [1.807, 2.05) is 23.1 Å². The number of thioether (sulfide) groups is 1. The highest BCUT2D eigenvalue weighted by molar-refractivity contribution is 7.98. The van der Waals surface area contributed by atoms with Gasteiger partial charge in [0.05, 0.1) is 16.7 Å². The number of fused-ring (bicyclic) bond motifs is 6. The molecule has 5 aromatic carbocycles. The average molecular weight is 487 g/mol. The fourth-order valence-electron chi connectivity index (χ4n) is 5.07. The molecule has 2 aromatic heterocycles. The van der Waals surface area contributed by atoms with Crippen LogP contribution in [-0.2, 0) is 5.75 Å². The minimum atomic E-state index is 0.865. The third kappa shape index (κ3) is 3.33. The van der Waals surface area contributed by atoms with Crippen LogP contribution in [0.15, 0.2) is 114 Å². The topological polar surface area (TPSA) is 30.9 Å². The summed E-state index contributed by atoms with van der Waals surface area (Å²) in [5.74, 6) is 0.865. The molecule has 0 aliphatic heterocycles. The van der Waals surface area contributed by atoms with Crippen LogP contribution < -0.4 is 5.73 Å². The zero-order valence-electron chi connectivity index (χ0n) is 18.9. The molecule has 2 heterocycles. The molecular weight excluding hydrogens is 464 g/mol. The lowest BCUT2D eigenvalue weighted by molar-refractivity contribution is 1.18. The lowest BCUT2D eigenvalue weighted by atomic mass is 10.1. The molecule has 7 aromatic rings. The van der Waals surface area contributed by atoms with E-state index in [4.69, 9.17) is 5.73 Å². The van der Waals surface area contributed by atoms with Crippen molar-refractivity contribution in [2.24, 2.45) is 0 Å². The zero-order chi connectivity index (χ0) is 23.4. The number of para-hydroxylation sites is 2. The molecule has 0 amide bonds. The molecule has 0 saturated heterocycles. The van der Waals surface area contributed by atoms with Crippen LogP contribution in [0.25, 0.3) is 47.7 Å². The van der Waals surface area contributed by atoms with Crippen LogP contribution in [0, 0.1) is 0 Å². The lowest BCUT2D eigenvalue weighted by Crippen LogP contribution is -1.94. The summed E-state index contributed by atoms with van der Waals surface area (Å²) >= 11 is 3.62. The quantitative estimate of drug-likeness (QED) is 0.199. The summed E-state index contributed by atoms with van der Waals surface area (Å²) in [6.45, 7) is 0. The Morgan fingerprint density at radius 1 is 0.657 bits per heavy atom. The van der Waals surface area contributed by atoms with Gasteiger partial charge in [-0.3, -0.25) is 0 Å². The molecule has 0 bridgehead atoms. The van der Waals surface area contributed by atoms with Gasteiger partial charge in [-0.15, -0.1) is 23.1 Å². The molecule has 2 N–H and O–H groups in total. The van der Waals surface area contributed by atoms with E-state index in [9.17, 15) is 0 Å². The van der Waals surface area contributed by atoms with Gasteiger partial charge in [-0.05, 0) is 48.0 Å². The second-order valence-electron chi connectivity index (χ2n) is 8.78. The summed E-state index contributed by atoms with van der Waals surface area (Å²) in [5, 5.41) is 5.00. The maximum atomic E-state index is 6.72. The van der Waals surface area contributed by atoms with Crippen molar-refractivity contribution in [3.05, 3.63) is 115 Å². The number of nitrogens with two attached hydrogens (primary N) is 1. The van der Waals surface area contributed by atoms with E-state index in [2.05, 4.69) is 114 Å². The second kappa shape index (κ2) is 8.19. The summed E-state index contributed by atoms with van der Waals surface area (Å²) in [7, 11) is 0. The van der Waals surface area contributed by atoms with E-state index >= 15 is 0 Å². The first kappa shape index (κ1) is 20.6. The van der Waals surface area contributed by atoms with Gasteiger partial charge in [-0.25, -0.2) is 0 Å². The summed E-state index contributed by atoms with van der Waals surface area (Å²) in [6.07, 6.45) is 0. The Labute approximate surface area is 211 Å². The fraction of sp³-hybridized carbons (Fsp3) is 0.0323. The van der Waals surface area contributed by atoms with Gasteiger partial charge in [-0.2, -0.15) is 0 Å². The van der Waals surface area contributed by atoms with Crippen molar-refractivity contribution in [3.8, 4) is 5.69 Å². The van der Waals surface area contributed by atoms with Crippen LogP contribution in [0.1, 0.15) is 5.56 Å². The lowest BCUT2D eigenvalue weighted by Gasteiger charge is -2.10. The number of rotatable bonds is 4. The molecule has 0 unspecified atom stereocenters. The highest BCUT2D eigenvalue weighted by Crippen LogP contribution is 2.42. The monoisotopic (exact) mass is 486 g/mol. The number of hydrogen-bond acceptors (Lipinski definition) is 3. The molecule has 0 spiro atoms. The Balaban J connectivity index is 1.30. The second-order valence-corrected chi connectivity index (χ2v) is 10.9. The normalized spacial score (nSPS) is 11.8. The number of nitrogen functional groups attached to an aromatic ring is 1. The molecule has 168 valence electrons. The van der Waals surface area contributed by atoms with Gasteiger partial charge >= 0.3 is 0 Å². The molecule has 4 heteroatoms. The Hall–Kier alpha value is -3.73. The third-order valence-electron chi connectivity index (χ3n) is 6.69. The number of hydrogen-bond donors (Lipinski definition) is 1. The number of nitrogens with zero attached hydrogens (tertiary/aromatic N) is 1. The minimum Gasteiger partial charge on any atom is -0.397 e. The van der Waals surface area contributed by atoms with Crippen LogP contribution in [0.3, 0.4) is 0 Å². The van der Waals surface area contributed by atoms with Gasteiger partial charge in [0.25, 0.3) is 0 Å². The Morgan fingerprint density at radius 2 is 1.40 bits per heavy atom. The van der Waals surface area contributed by atoms with Gasteiger partial charge < -0.3 is 10.3 Å². The third-order valence-corrected chi connectivity index (χ3v) is 8.97. The van der Waals surface area contributed by atoms with Crippen LogP contribution in [0.5, 0.6) is 0 Å². The van der Waals surface area contributed by atoms with E-state index < -0.39 is 0 Å². The molecule has 35 heavy (non-hydrogen) atoms. The van der Waals surface area contributed by atoms with Crippen molar-refractivity contribution in [3.63, 3.8) is 0 Å². The molecule has 0 saturated carbocycles. The van der Waals surface area contributed by atoms with Gasteiger partial charge in [0.1, 0.15) is 0 Å². The van der Waals surface area contributed by atoms with Crippen LogP contribution in [0.4, 0.5) is 5.69 Å². The Morgan fingerprint density at radius 3 is 2.29 bits per heavy atom. The van der Waals surface area contributed by atoms with E-state index in [1.165, 1.54) is 53.2 Å². The van der Waals surface area contributed by atoms with Crippen LogP contribution in [0.2, 0.25) is 0 Å². The number of thiophene rings is 1. The van der Waals surface area contributed by atoms with Crippen molar-refractivity contribution in [1.82, 2.24) is 4.57 Å². The van der Waals surface area contributed by atoms with Crippen molar-refractivity contribution < 1.29 is 0 Å². The van der Waals surface area contributed by atoms with Crippen molar-refractivity contribution in [2.45, 2.75) is 10.6 Å². The predicted octanol–water partition coefficient (Wildman–Crippen LogP) is 9.03. The molecule has 0 atom stereocenters. The number of anilines is 1. The molecule has 0 fully saturated rings. The molecule has 0 aliphatic carbocycles. The highest BCUT2D eigenvalue weighted by Gasteiger charge is 2.14. The fourth-order valence-corrected chi connectivity index (χ4v) is 7.12. The summed E-state index contributed by atoms with van der Waals surface area (Å²) < 4.78 is 4.91. The van der Waals surface area contributed by atoms with Gasteiger partial charge in [0, 0.05) is 47.3 Å². The van der Waals surface area contributed by atoms with E-state index in [0.29, 0.717) is 0 Å². The van der Waals surface area contributed by atoms with E-state index in [0.717, 1.165) is 16.3 Å². The first-order chi connectivity index (χ1) is 17.3. The standard InChI is InChI=1S/C31H22N2S2/c32-31-29(17-16-28-30(31)24-11-5-7-13-27(24)35-28)34-19-20-14-15-23-22-10-4-6-12-25(22)33(26(23)18-20)21-8-2-1-3-9-21/h1-18H,19,32H2. The average Bonchev–Trinajstić information content (AvgIpc) is 3.44. The minimum absolute atomic E-state index is 0.865. The first-order valence-corrected chi connectivity index (χ1v) is 13.5. The summed E-state index contributed by atoms with van der Waals surface area (Å²) in [5.41, 5.74) is 12.6. The van der Waals surface area contributed by atoms with Gasteiger partial charge in [0.15, 0.2) is 0 Å². The van der Waals surface area contributed by atoms with Crippen molar-refractivity contribution in [2.75, 3.05) is 5.73 Å². The van der Waals surface area contributed by atoms with E-state index in [1.54, 1.807) is 0 Å². The largest absolute Gasteiger partial charge is 0.397 e. The van der Waals surface area contributed by atoms with Crippen molar-refractivity contribution in [1.29, 1.82) is 0 Å². The maximum absolute atomic E-state index is 6.72. The maximum Gasteiger partial charge on any atom is 0.0546 e. The zero-order valence-corrected chi connectivity index (χ0v) is 20.6. The van der Waals surface area contributed by atoms with Gasteiger partial charge in [0.2, 0.25) is 0 Å². The predicted molar refractivity (Wildman–Crippen MR) is 154 cm³/mol. The Kier molecular flexibility index (Phi) is 4.83.